The first-order valence-corrected chi connectivity index (χ1v) is 10.4. The van der Waals surface area contributed by atoms with Crippen LogP contribution in [0.1, 0.15) is 33.2 Å². The van der Waals surface area contributed by atoms with E-state index in [-0.39, 0.29) is 11.5 Å². The van der Waals surface area contributed by atoms with E-state index < -0.39 is 41.3 Å². The van der Waals surface area contributed by atoms with Crippen LogP contribution in [0.15, 0.2) is 60.7 Å². The molecule has 33 heavy (non-hydrogen) atoms. The van der Waals surface area contributed by atoms with Gasteiger partial charge in [0.05, 0.1) is 17.6 Å². The number of hydrogen-bond acceptors (Lipinski definition) is 5. The Bertz CT molecular complexity index is 1160. The number of ether oxygens (including phenoxy) is 1. The molecule has 1 fully saturated rings. The van der Waals surface area contributed by atoms with Crippen LogP contribution in [0.4, 0.5) is 5.69 Å². The van der Waals surface area contributed by atoms with Gasteiger partial charge in [0.2, 0.25) is 5.91 Å². The number of hydrazine groups is 1. The van der Waals surface area contributed by atoms with Crippen LogP contribution in [0.2, 0.25) is 0 Å². The molecule has 0 aliphatic carbocycles. The van der Waals surface area contributed by atoms with Gasteiger partial charge in [-0.2, -0.15) is 0 Å². The van der Waals surface area contributed by atoms with Crippen LogP contribution >= 0.6 is 0 Å². The van der Waals surface area contributed by atoms with Crippen molar-refractivity contribution in [3.05, 3.63) is 77.4 Å². The minimum atomic E-state index is -1.14. The first kappa shape index (κ1) is 22.2. The lowest BCUT2D eigenvalue weighted by Gasteiger charge is -2.27. The van der Waals surface area contributed by atoms with Gasteiger partial charge in [-0.15, -0.1) is 0 Å². The van der Waals surface area contributed by atoms with Crippen molar-refractivity contribution in [1.29, 1.82) is 0 Å². The van der Waals surface area contributed by atoms with E-state index in [0.29, 0.717) is 11.3 Å². The number of nitrogens with one attached hydrogen (secondary N) is 3. The van der Waals surface area contributed by atoms with E-state index in [0.717, 1.165) is 5.56 Å². The molecular weight excluding hydrogens is 426 g/mol. The summed E-state index contributed by atoms with van der Waals surface area (Å²) in [6.07, 6.45) is 2.63. The van der Waals surface area contributed by atoms with Gasteiger partial charge in [0, 0.05) is 16.8 Å². The van der Waals surface area contributed by atoms with Crippen LogP contribution in [-0.2, 0) is 14.3 Å². The molecule has 0 aromatic heterocycles. The highest BCUT2D eigenvalue weighted by Gasteiger charge is 2.59. The molecule has 2 aliphatic rings. The SMILES string of the molecule is Cc1cccc(C(=O)Nc2ccc(C(=O)NNC(=O)C3C(C(=O)O)C4C=CC3(C)O4)cc2)c1. The molecule has 9 heteroatoms. The fourth-order valence-electron chi connectivity index (χ4n) is 4.24. The number of benzene rings is 2. The maximum Gasteiger partial charge on any atom is 0.310 e. The Morgan fingerprint density at radius 1 is 0.970 bits per heavy atom. The molecule has 3 amide bonds. The van der Waals surface area contributed by atoms with Gasteiger partial charge >= 0.3 is 5.97 Å². The van der Waals surface area contributed by atoms with E-state index in [2.05, 4.69) is 16.2 Å². The monoisotopic (exact) mass is 449 g/mol. The molecule has 2 aromatic rings. The van der Waals surface area contributed by atoms with Crippen LogP contribution in [0.3, 0.4) is 0 Å². The van der Waals surface area contributed by atoms with Crippen LogP contribution in [-0.4, -0.2) is 40.5 Å². The van der Waals surface area contributed by atoms with Crippen LogP contribution in [0.25, 0.3) is 0 Å². The third kappa shape index (κ3) is 4.35. The topological polar surface area (TPSA) is 134 Å². The van der Waals surface area contributed by atoms with Gasteiger partial charge in [0.15, 0.2) is 0 Å². The zero-order valence-electron chi connectivity index (χ0n) is 18.0. The third-order valence-corrected chi connectivity index (χ3v) is 5.89. The van der Waals surface area contributed by atoms with Crippen molar-refractivity contribution in [2.75, 3.05) is 5.32 Å². The molecule has 0 spiro atoms. The minimum Gasteiger partial charge on any atom is -0.481 e. The molecule has 4 unspecified atom stereocenters. The predicted octanol–water partition coefficient (Wildman–Crippen LogP) is 2.05. The van der Waals surface area contributed by atoms with Gasteiger partial charge in [0.1, 0.15) is 5.92 Å². The lowest BCUT2D eigenvalue weighted by molar-refractivity contribution is -0.147. The predicted molar refractivity (Wildman–Crippen MR) is 118 cm³/mol. The number of aryl methyl sites for hydroxylation is 1. The second-order valence-corrected chi connectivity index (χ2v) is 8.31. The second-order valence-electron chi connectivity index (χ2n) is 8.31. The number of carbonyl (C=O) groups is 4. The maximum atomic E-state index is 12.7. The number of amides is 3. The van der Waals surface area contributed by atoms with Gasteiger partial charge in [-0.1, -0.05) is 29.8 Å². The summed E-state index contributed by atoms with van der Waals surface area (Å²) >= 11 is 0. The molecule has 4 atom stereocenters. The first-order valence-electron chi connectivity index (χ1n) is 10.4. The molecule has 4 N–H and O–H groups in total. The lowest BCUT2D eigenvalue weighted by Crippen LogP contribution is -2.52. The van der Waals surface area contributed by atoms with E-state index in [9.17, 15) is 24.3 Å². The number of carboxylic acid groups (broad SMARTS) is 1. The lowest BCUT2D eigenvalue weighted by atomic mass is 9.76. The van der Waals surface area contributed by atoms with E-state index in [1.54, 1.807) is 49.4 Å². The molecule has 0 radical (unpaired) electrons. The Labute approximate surface area is 189 Å². The van der Waals surface area contributed by atoms with Gasteiger partial charge in [0.25, 0.3) is 11.8 Å². The quantitative estimate of drug-likeness (QED) is 0.408. The number of hydrogen-bond donors (Lipinski definition) is 4. The molecule has 2 bridgehead atoms. The zero-order chi connectivity index (χ0) is 23.8. The Kier molecular flexibility index (Phi) is 5.73. The van der Waals surface area contributed by atoms with Crippen molar-refractivity contribution in [1.82, 2.24) is 10.9 Å². The second kappa shape index (κ2) is 8.51. The molecular formula is C24H23N3O6. The Balaban J connectivity index is 1.35. The highest BCUT2D eigenvalue weighted by atomic mass is 16.5. The summed E-state index contributed by atoms with van der Waals surface area (Å²) in [6.45, 7) is 3.54. The maximum absolute atomic E-state index is 12.7. The summed E-state index contributed by atoms with van der Waals surface area (Å²) in [6, 6.07) is 13.3. The number of aliphatic carboxylic acids is 1. The zero-order valence-corrected chi connectivity index (χ0v) is 18.0. The standard InChI is InChI=1S/C24H23N3O6/c1-13-4-3-5-15(12-13)20(28)25-16-8-6-14(7-9-16)21(29)26-27-22(30)19-18(23(31)32)17-10-11-24(19,2)33-17/h3-12,17-19H,1-2H3,(H,25,28)(H,26,29)(H,27,30)(H,31,32). The highest BCUT2D eigenvalue weighted by Crippen LogP contribution is 2.46. The largest absolute Gasteiger partial charge is 0.481 e. The van der Waals surface area contributed by atoms with E-state index in [4.69, 9.17) is 4.74 Å². The molecule has 2 aromatic carbocycles. The van der Waals surface area contributed by atoms with Gasteiger partial charge < -0.3 is 15.2 Å². The fourth-order valence-corrected chi connectivity index (χ4v) is 4.24. The Morgan fingerprint density at radius 3 is 2.36 bits per heavy atom. The van der Waals surface area contributed by atoms with Crippen LogP contribution < -0.4 is 16.2 Å². The molecule has 0 saturated carbocycles. The smallest absolute Gasteiger partial charge is 0.310 e. The molecule has 1 saturated heterocycles. The van der Waals surface area contributed by atoms with Gasteiger partial charge in [-0.05, 0) is 50.2 Å². The van der Waals surface area contributed by atoms with Crippen molar-refractivity contribution in [2.24, 2.45) is 11.8 Å². The van der Waals surface area contributed by atoms with Gasteiger partial charge in [-0.25, -0.2) is 0 Å². The highest BCUT2D eigenvalue weighted by molar-refractivity contribution is 6.04. The van der Waals surface area contributed by atoms with Crippen molar-refractivity contribution in [3.8, 4) is 0 Å². The minimum absolute atomic E-state index is 0.244. The summed E-state index contributed by atoms with van der Waals surface area (Å²) in [5, 5.41) is 12.2. The van der Waals surface area contributed by atoms with Crippen molar-refractivity contribution >= 4 is 29.4 Å². The van der Waals surface area contributed by atoms with Crippen LogP contribution in [0.5, 0.6) is 0 Å². The molecule has 9 nitrogen and oxygen atoms in total. The number of carboxylic acids is 1. The molecule has 2 heterocycles. The molecule has 2 aliphatic heterocycles. The summed E-state index contributed by atoms with van der Waals surface area (Å²) in [7, 11) is 0. The molecule has 170 valence electrons. The number of rotatable bonds is 5. The van der Waals surface area contributed by atoms with Gasteiger partial charge in [-0.3, -0.25) is 30.0 Å². The summed E-state index contributed by atoms with van der Waals surface area (Å²) < 4.78 is 5.64. The summed E-state index contributed by atoms with van der Waals surface area (Å²) in [5.74, 6) is -4.66. The Hall–Kier alpha value is -3.98. The van der Waals surface area contributed by atoms with E-state index in [1.807, 2.05) is 13.0 Å². The van der Waals surface area contributed by atoms with Crippen molar-refractivity contribution in [3.63, 3.8) is 0 Å². The number of fused-ring (bicyclic) bond motifs is 2. The number of anilines is 1. The van der Waals surface area contributed by atoms with Crippen LogP contribution in [0, 0.1) is 18.8 Å². The summed E-state index contributed by atoms with van der Waals surface area (Å²) in [4.78, 5) is 49.1. The normalized spacial score (nSPS) is 24.8. The fraction of sp³-hybridized carbons (Fsp3) is 0.250. The average molecular weight is 449 g/mol. The first-order chi connectivity index (χ1) is 15.7. The van der Waals surface area contributed by atoms with Crippen molar-refractivity contribution in [2.45, 2.75) is 25.6 Å². The molecule has 4 rings (SSSR count). The van der Waals surface area contributed by atoms with Crippen molar-refractivity contribution < 1.29 is 29.0 Å². The summed E-state index contributed by atoms with van der Waals surface area (Å²) in [5.41, 5.74) is 5.81. The average Bonchev–Trinajstić information content (AvgIpc) is 3.31. The van der Waals surface area contributed by atoms with E-state index >= 15 is 0 Å². The number of carbonyl (C=O) groups excluding carboxylic acids is 3. The third-order valence-electron chi connectivity index (χ3n) is 5.89. The Morgan fingerprint density at radius 2 is 1.70 bits per heavy atom. The van der Waals surface area contributed by atoms with E-state index in [1.165, 1.54) is 12.1 Å².